The van der Waals surface area contributed by atoms with Crippen molar-refractivity contribution in [1.29, 1.82) is 0 Å². The fourth-order valence-corrected chi connectivity index (χ4v) is 9.98. The molecule has 238 valence electrons. The highest BCUT2D eigenvalue weighted by atomic mass is 16.6. The van der Waals surface area contributed by atoms with Crippen LogP contribution in [0.3, 0.4) is 0 Å². The molecule has 8 nitrogen and oxygen atoms in total. The van der Waals surface area contributed by atoms with E-state index in [0.717, 1.165) is 45.1 Å². The third-order valence-electron chi connectivity index (χ3n) is 13.8. The number of carbonyl (C=O) groups is 1. The molecular formula is C34H60N6O2. The van der Waals surface area contributed by atoms with Gasteiger partial charge in [-0.25, -0.2) is 4.98 Å². The lowest BCUT2D eigenvalue weighted by atomic mass is 9.47. The van der Waals surface area contributed by atoms with Crippen molar-refractivity contribution in [1.82, 2.24) is 14.5 Å². The molecular weight excluding hydrogens is 524 g/mol. The second kappa shape index (κ2) is 9.04. The zero-order valence-corrected chi connectivity index (χ0v) is 28.4. The monoisotopic (exact) mass is 584 g/mol. The number of rotatable bonds is 12. The molecule has 0 radical (unpaired) electrons. The number of aromatic nitrogens is 2. The van der Waals surface area contributed by atoms with Gasteiger partial charge < -0.3 is 31.4 Å². The summed E-state index contributed by atoms with van der Waals surface area (Å²) in [5.41, 5.74) is 18.3. The van der Waals surface area contributed by atoms with Gasteiger partial charge in [-0.3, -0.25) is 4.79 Å². The van der Waals surface area contributed by atoms with Gasteiger partial charge in [-0.2, -0.15) is 0 Å². The van der Waals surface area contributed by atoms with Gasteiger partial charge in [-0.15, -0.1) is 0 Å². The molecule has 42 heavy (non-hydrogen) atoms. The van der Waals surface area contributed by atoms with Crippen molar-refractivity contribution < 1.29 is 9.53 Å². The normalized spacial score (nSPS) is 38.5. The van der Waals surface area contributed by atoms with Crippen molar-refractivity contribution in [2.45, 2.75) is 156 Å². The van der Waals surface area contributed by atoms with Crippen LogP contribution in [-0.4, -0.2) is 55.9 Å². The molecule has 3 heterocycles. The minimum absolute atomic E-state index is 0.0326. The third kappa shape index (κ3) is 4.44. The molecule has 1 amide bonds. The molecule has 0 spiro atoms. The summed E-state index contributed by atoms with van der Waals surface area (Å²) < 4.78 is 8.45. The lowest BCUT2D eigenvalue weighted by molar-refractivity contribution is -0.133. The van der Waals surface area contributed by atoms with Gasteiger partial charge in [0, 0.05) is 41.9 Å². The molecule has 7 atom stereocenters. The molecule has 0 bridgehead atoms. The highest BCUT2D eigenvalue weighted by Crippen LogP contribution is 2.75. The highest BCUT2D eigenvalue weighted by Gasteiger charge is 2.76. The van der Waals surface area contributed by atoms with E-state index in [4.69, 9.17) is 21.9 Å². The average Bonchev–Trinajstić information content (AvgIpc) is 3.63. The van der Waals surface area contributed by atoms with Gasteiger partial charge in [0.15, 0.2) is 0 Å². The number of hydrogen-bond acceptors (Lipinski definition) is 6. The maximum Gasteiger partial charge on any atom is 0.223 e. The minimum Gasteiger partial charge on any atom is -0.353 e. The number of ether oxygens (including phenoxy) is 1. The lowest BCUT2D eigenvalue weighted by Gasteiger charge is -2.58. The van der Waals surface area contributed by atoms with E-state index in [1.165, 1.54) is 0 Å². The molecule has 2 aliphatic heterocycles. The quantitative estimate of drug-likeness (QED) is 0.292. The Morgan fingerprint density at radius 3 is 2.05 bits per heavy atom. The first-order valence-corrected chi connectivity index (χ1v) is 16.2. The molecule has 7 unspecified atom stereocenters. The van der Waals surface area contributed by atoms with Crippen molar-refractivity contribution in [2.24, 2.45) is 44.3 Å². The second-order valence-electron chi connectivity index (χ2n) is 18.1. The molecule has 1 aromatic rings. The molecule has 5 rings (SSSR count). The Bertz CT molecular complexity index is 1210. The van der Waals surface area contributed by atoms with Crippen LogP contribution in [0.15, 0.2) is 18.7 Å². The molecule has 1 aromatic heterocycles. The fourth-order valence-electron chi connectivity index (χ4n) is 9.98. The van der Waals surface area contributed by atoms with E-state index in [0.29, 0.717) is 6.42 Å². The number of nitrogens with zero attached hydrogens (tertiary/aromatic N) is 3. The maximum atomic E-state index is 13.2. The van der Waals surface area contributed by atoms with Crippen LogP contribution in [0.4, 0.5) is 0 Å². The summed E-state index contributed by atoms with van der Waals surface area (Å²) in [6, 6.07) is 0. The van der Waals surface area contributed by atoms with Crippen molar-refractivity contribution in [3.8, 4) is 0 Å². The van der Waals surface area contributed by atoms with E-state index in [-0.39, 0.29) is 67.5 Å². The maximum absolute atomic E-state index is 13.2. The van der Waals surface area contributed by atoms with Crippen molar-refractivity contribution in [3.05, 3.63) is 18.7 Å². The highest BCUT2D eigenvalue weighted by molar-refractivity contribution is 5.80. The number of likely N-dealkylation sites (tertiary alicyclic amines) is 1. The summed E-state index contributed by atoms with van der Waals surface area (Å²) in [6.45, 7) is 26.5. The van der Waals surface area contributed by atoms with Gasteiger partial charge in [0.1, 0.15) is 12.3 Å². The molecule has 4 fully saturated rings. The van der Waals surface area contributed by atoms with Crippen LogP contribution in [0.25, 0.3) is 0 Å². The summed E-state index contributed by atoms with van der Waals surface area (Å²) in [4.78, 5) is 19.8. The number of imidazole rings is 1. The van der Waals surface area contributed by atoms with E-state index >= 15 is 0 Å². The number of nitrogens with two attached hydrogens (primary N) is 3. The third-order valence-corrected chi connectivity index (χ3v) is 13.8. The molecule has 4 aliphatic rings. The molecule has 0 aromatic carbocycles. The van der Waals surface area contributed by atoms with Gasteiger partial charge in [-0.1, -0.05) is 55.4 Å². The van der Waals surface area contributed by atoms with E-state index in [2.05, 4.69) is 96.8 Å². The molecule has 2 aliphatic carbocycles. The standard InChI is InChI=1S/C34H60N6O2/c1-26(2,18-34(21-32(34,11)37)39-16-14-38-22-39)29(7,8)30(9,24-25(35)42-24)17-27(3,4)31(10)20-33(31,19-28(5,6)36)40-15-12-13-23(40)41/h14,16,22,24-25H,12-13,15,17-21,35-37H2,1-11H3. The zero-order valence-electron chi connectivity index (χ0n) is 28.4. The van der Waals surface area contributed by atoms with Gasteiger partial charge >= 0.3 is 0 Å². The Hall–Kier alpha value is -1.48. The molecule has 2 saturated heterocycles. The predicted octanol–water partition coefficient (Wildman–Crippen LogP) is 5.15. The predicted molar refractivity (Wildman–Crippen MR) is 168 cm³/mol. The van der Waals surface area contributed by atoms with Crippen molar-refractivity contribution in [2.75, 3.05) is 6.54 Å². The van der Waals surface area contributed by atoms with Crippen LogP contribution in [0.5, 0.6) is 0 Å². The van der Waals surface area contributed by atoms with E-state index < -0.39 is 0 Å². The summed E-state index contributed by atoms with van der Waals surface area (Å²) in [5, 5.41) is 0. The van der Waals surface area contributed by atoms with E-state index in [9.17, 15) is 4.79 Å². The largest absolute Gasteiger partial charge is 0.353 e. The summed E-state index contributed by atoms with van der Waals surface area (Å²) in [7, 11) is 0. The first-order valence-electron chi connectivity index (χ1n) is 16.2. The van der Waals surface area contributed by atoms with Crippen LogP contribution in [0.1, 0.15) is 121 Å². The topological polar surface area (TPSA) is 129 Å². The first kappa shape index (κ1) is 31.9. The Morgan fingerprint density at radius 1 is 1.02 bits per heavy atom. The van der Waals surface area contributed by atoms with Crippen LogP contribution in [0.2, 0.25) is 0 Å². The Balaban J connectivity index is 1.49. The van der Waals surface area contributed by atoms with Crippen molar-refractivity contribution >= 4 is 5.91 Å². The Labute approximate surface area is 254 Å². The van der Waals surface area contributed by atoms with Gasteiger partial charge in [0.2, 0.25) is 5.91 Å². The Morgan fingerprint density at radius 2 is 1.62 bits per heavy atom. The van der Waals surface area contributed by atoms with Gasteiger partial charge in [0.25, 0.3) is 0 Å². The minimum atomic E-state index is -0.371. The molecule has 6 N–H and O–H groups in total. The number of epoxide rings is 1. The summed E-state index contributed by atoms with van der Waals surface area (Å²) in [6.07, 6.45) is 11.7. The van der Waals surface area contributed by atoms with Crippen molar-refractivity contribution in [3.63, 3.8) is 0 Å². The van der Waals surface area contributed by atoms with Crippen LogP contribution < -0.4 is 17.2 Å². The van der Waals surface area contributed by atoms with Gasteiger partial charge in [0.05, 0.1) is 17.4 Å². The Kier molecular flexibility index (Phi) is 6.88. The average molecular weight is 585 g/mol. The molecule has 2 saturated carbocycles. The number of carbonyl (C=O) groups excluding carboxylic acids is 1. The second-order valence-corrected chi connectivity index (χ2v) is 18.1. The number of amides is 1. The lowest BCUT2D eigenvalue weighted by Crippen LogP contribution is -2.56. The van der Waals surface area contributed by atoms with E-state index in [1.807, 2.05) is 12.5 Å². The first-order chi connectivity index (χ1) is 18.9. The fraction of sp³-hybridized carbons (Fsp3) is 0.882. The van der Waals surface area contributed by atoms with Crippen LogP contribution >= 0.6 is 0 Å². The van der Waals surface area contributed by atoms with Crippen LogP contribution in [0, 0.1) is 27.1 Å². The van der Waals surface area contributed by atoms with E-state index in [1.54, 1.807) is 0 Å². The van der Waals surface area contributed by atoms with Gasteiger partial charge in [-0.05, 0) is 81.0 Å². The SMILES string of the molecule is CC(C)(N)CC1(N2CCCC2=O)CC1(C)C(C)(C)CC(C)(C1OC1N)C(C)(C)C(C)(C)CC1(n2ccnc2)CC1(C)N. The smallest absolute Gasteiger partial charge is 0.223 e. The number of hydrogen-bond donors (Lipinski definition) is 3. The van der Waals surface area contributed by atoms with Crippen LogP contribution in [-0.2, 0) is 15.1 Å². The molecule has 8 heteroatoms. The summed E-state index contributed by atoms with van der Waals surface area (Å²) >= 11 is 0. The summed E-state index contributed by atoms with van der Waals surface area (Å²) in [5.74, 6) is 0.287. The zero-order chi connectivity index (χ0) is 31.6.